The van der Waals surface area contributed by atoms with Gasteiger partial charge < -0.3 is 14.7 Å². The van der Waals surface area contributed by atoms with Gasteiger partial charge in [0.15, 0.2) is 5.82 Å². The Morgan fingerprint density at radius 3 is 2.74 bits per heavy atom. The molecule has 128 valence electrons. The van der Waals surface area contributed by atoms with Gasteiger partial charge in [-0.05, 0) is 26.8 Å². The highest BCUT2D eigenvalue weighted by atomic mass is 16.5. The Morgan fingerprint density at radius 2 is 2.09 bits per heavy atom. The smallest absolute Gasteiger partial charge is 0.237 e. The molecule has 1 N–H and O–H groups in total. The van der Waals surface area contributed by atoms with Crippen LogP contribution < -0.4 is 5.32 Å². The van der Waals surface area contributed by atoms with Gasteiger partial charge in [-0.3, -0.25) is 9.69 Å². The lowest BCUT2D eigenvalue weighted by Crippen LogP contribution is -2.53. The van der Waals surface area contributed by atoms with Gasteiger partial charge in [-0.15, -0.1) is 0 Å². The summed E-state index contributed by atoms with van der Waals surface area (Å²) < 4.78 is 5.29. The summed E-state index contributed by atoms with van der Waals surface area (Å²) in [6.07, 6.45) is 4.18. The molecule has 0 spiro atoms. The van der Waals surface area contributed by atoms with Crippen molar-refractivity contribution in [2.75, 3.05) is 39.8 Å². The SMILES string of the molecule is C[C@@H](C(=O)NCCc1noc(C2CCC2)n1)N1CCN(C)CC1. The zero-order chi connectivity index (χ0) is 16.2. The van der Waals surface area contributed by atoms with Gasteiger partial charge in [-0.25, -0.2) is 0 Å². The molecule has 2 fully saturated rings. The first-order valence-electron chi connectivity index (χ1n) is 8.66. The summed E-state index contributed by atoms with van der Waals surface area (Å²) in [6.45, 7) is 6.46. The molecule has 1 atom stereocenters. The summed E-state index contributed by atoms with van der Waals surface area (Å²) >= 11 is 0. The number of nitrogens with zero attached hydrogens (tertiary/aromatic N) is 4. The van der Waals surface area contributed by atoms with Crippen molar-refractivity contribution >= 4 is 5.91 Å². The van der Waals surface area contributed by atoms with E-state index in [1.165, 1.54) is 6.42 Å². The minimum absolute atomic E-state index is 0.0808. The number of likely N-dealkylation sites (N-methyl/N-ethyl adjacent to an activating group) is 1. The zero-order valence-electron chi connectivity index (χ0n) is 14.1. The number of piperazine rings is 1. The Balaban J connectivity index is 1.39. The van der Waals surface area contributed by atoms with Crippen molar-refractivity contribution in [2.24, 2.45) is 0 Å². The Hall–Kier alpha value is -1.47. The van der Waals surface area contributed by atoms with E-state index in [9.17, 15) is 4.79 Å². The third kappa shape index (κ3) is 4.09. The first kappa shape index (κ1) is 16.4. The number of amides is 1. The summed E-state index contributed by atoms with van der Waals surface area (Å²) in [5.74, 6) is 2.00. The maximum Gasteiger partial charge on any atom is 0.237 e. The molecule has 1 aliphatic heterocycles. The van der Waals surface area contributed by atoms with Crippen molar-refractivity contribution in [3.05, 3.63) is 11.7 Å². The van der Waals surface area contributed by atoms with Crippen molar-refractivity contribution in [3.63, 3.8) is 0 Å². The van der Waals surface area contributed by atoms with Gasteiger partial charge >= 0.3 is 0 Å². The molecule has 1 aliphatic carbocycles. The lowest BCUT2D eigenvalue weighted by Gasteiger charge is -2.35. The normalized spacial score (nSPS) is 21.8. The first-order valence-corrected chi connectivity index (χ1v) is 8.66. The van der Waals surface area contributed by atoms with Gasteiger partial charge in [0.2, 0.25) is 11.8 Å². The van der Waals surface area contributed by atoms with E-state index in [1.807, 2.05) is 6.92 Å². The van der Waals surface area contributed by atoms with Crippen LogP contribution in [0.2, 0.25) is 0 Å². The average Bonchev–Trinajstić information content (AvgIpc) is 2.93. The molecule has 1 saturated carbocycles. The molecule has 0 bridgehead atoms. The fourth-order valence-corrected chi connectivity index (χ4v) is 3.01. The molecule has 1 aromatic rings. The molecule has 0 unspecified atom stereocenters. The summed E-state index contributed by atoms with van der Waals surface area (Å²) in [5, 5.41) is 7.00. The standard InChI is InChI=1S/C16H27N5O2/c1-12(21-10-8-20(2)9-11-21)15(22)17-7-6-14-18-16(23-19-14)13-4-3-5-13/h12-13H,3-11H2,1-2H3,(H,17,22)/t12-/m0/s1. The van der Waals surface area contributed by atoms with Crippen LogP contribution in [-0.2, 0) is 11.2 Å². The monoisotopic (exact) mass is 321 g/mol. The van der Waals surface area contributed by atoms with E-state index in [1.54, 1.807) is 0 Å². The second-order valence-electron chi connectivity index (χ2n) is 6.73. The summed E-state index contributed by atoms with van der Waals surface area (Å²) in [5.41, 5.74) is 0. The van der Waals surface area contributed by atoms with E-state index in [0.717, 1.165) is 44.9 Å². The van der Waals surface area contributed by atoms with Crippen LogP contribution >= 0.6 is 0 Å². The molecule has 1 aromatic heterocycles. The summed E-state index contributed by atoms with van der Waals surface area (Å²) in [6, 6.07) is -0.0838. The van der Waals surface area contributed by atoms with Gasteiger partial charge in [0.1, 0.15) is 0 Å². The van der Waals surface area contributed by atoms with E-state index < -0.39 is 0 Å². The van der Waals surface area contributed by atoms with Crippen molar-refractivity contribution in [3.8, 4) is 0 Å². The molecule has 2 aliphatic rings. The van der Waals surface area contributed by atoms with Crippen LogP contribution in [0.5, 0.6) is 0 Å². The Kier molecular flexibility index (Phi) is 5.27. The number of hydrogen-bond acceptors (Lipinski definition) is 6. The van der Waals surface area contributed by atoms with Crippen LogP contribution in [0.4, 0.5) is 0 Å². The third-order valence-electron chi connectivity index (χ3n) is 5.05. The van der Waals surface area contributed by atoms with E-state index in [-0.39, 0.29) is 11.9 Å². The molecule has 1 saturated heterocycles. The van der Waals surface area contributed by atoms with Crippen molar-refractivity contribution < 1.29 is 9.32 Å². The van der Waals surface area contributed by atoms with Crippen molar-refractivity contribution in [1.82, 2.24) is 25.3 Å². The minimum atomic E-state index is -0.0838. The number of carbonyl (C=O) groups excluding carboxylic acids is 1. The zero-order valence-corrected chi connectivity index (χ0v) is 14.1. The van der Waals surface area contributed by atoms with Crippen LogP contribution in [0, 0.1) is 0 Å². The molecule has 0 radical (unpaired) electrons. The first-order chi connectivity index (χ1) is 11.1. The highest BCUT2D eigenvalue weighted by molar-refractivity contribution is 5.81. The Morgan fingerprint density at radius 1 is 1.35 bits per heavy atom. The average molecular weight is 321 g/mol. The lowest BCUT2D eigenvalue weighted by molar-refractivity contribution is -0.126. The fourth-order valence-electron chi connectivity index (χ4n) is 3.01. The molecule has 0 aromatic carbocycles. The predicted octanol–water partition coefficient (Wildman–Crippen LogP) is 0.632. The number of nitrogens with one attached hydrogen (secondary N) is 1. The van der Waals surface area contributed by atoms with Gasteiger partial charge in [0.25, 0.3) is 0 Å². The van der Waals surface area contributed by atoms with Crippen molar-refractivity contribution in [1.29, 1.82) is 0 Å². The maximum atomic E-state index is 12.3. The van der Waals surface area contributed by atoms with E-state index in [4.69, 9.17) is 4.52 Å². The van der Waals surface area contributed by atoms with Gasteiger partial charge in [-0.1, -0.05) is 11.6 Å². The number of carbonyl (C=O) groups is 1. The van der Waals surface area contributed by atoms with Crippen LogP contribution in [0.1, 0.15) is 43.8 Å². The van der Waals surface area contributed by atoms with Crippen LogP contribution in [0.15, 0.2) is 4.52 Å². The quantitative estimate of drug-likeness (QED) is 0.828. The fraction of sp³-hybridized carbons (Fsp3) is 0.812. The number of rotatable bonds is 6. The molecule has 23 heavy (non-hydrogen) atoms. The largest absolute Gasteiger partial charge is 0.354 e. The Bertz CT molecular complexity index is 520. The maximum absolute atomic E-state index is 12.3. The van der Waals surface area contributed by atoms with Gasteiger partial charge in [-0.2, -0.15) is 4.98 Å². The van der Waals surface area contributed by atoms with E-state index in [2.05, 4.69) is 32.3 Å². The molecule has 7 nitrogen and oxygen atoms in total. The molecular weight excluding hydrogens is 294 g/mol. The second kappa shape index (κ2) is 7.40. The number of aromatic nitrogens is 2. The molecule has 1 amide bonds. The second-order valence-corrected chi connectivity index (χ2v) is 6.73. The van der Waals surface area contributed by atoms with Gasteiger partial charge in [0.05, 0.1) is 6.04 Å². The van der Waals surface area contributed by atoms with E-state index >= 15 is 0 Å². The van der Waals surface area contributed by atoms with E-state index in [0.29, 0.717) is 24.7 Å². The number of hydrogen-bond donors (Lipinski definition) is 1. The summed E-state index contributed by atoms with van der Waals surface area (Å²) in [7, 11) is 2.12. The topological polar surface area (TPSA) is 74.5 Å². The minimum Gasteiger partial charge on any atom is -0.354 e. The van der Waals surface area contributed by atoms with Crippen LogP contribution in [0.3, 0.4) is 0 Å². The van der Waals surface area contributed by atoms with Crippen LogP contribution in [0.25, 0.3) is 0 Å². The molecule has 3 rings (SSSR count). The van der Waals surface area contributed by atoms with Crippen molar-refractivity contribution in [2.45, 2.75) is 44.6 Å². The van der Waals surface area contributed by atoms with Crippen LogP contribution in [-0.4, -0.2) is 71.7 Å². The third-order valence-corrected chi connectivity index (χ3v) is 5.05. The Labute approximate surface area is 137 Å². The highest BCUT2D eigenvalue weighted by Gasteiger charge is 2.26. The highest BCUT2D eigenvalue weighted by Crippen LogP contribution is 2.35. The predicted molar refractivity (Wildman–Crippen MR) is 86.1 cm³/mol. The molecule has 2 heterocycles. The lowest BCUT2D eigenvalue weighted by atomic mass is 9.85. The molecular formula is C16H27N5O2. The summed E-state index contributed by atoms with van der Waals surface area (Å²) in [4.78, 5) is 21.2. The van der Waals surface area contributed by atoms with Gasteiger partial charge in [0, 0.05) is 45.1 Å². The molecule has 7 heteroatoms.